The number of fused-ring (bicyclic) bond motifs is 2. The second-order valence-electron chi connectivity index (χ2n) is 29.6. The number of aliphatic carboxylic acids is 1. The number of aromatic hydroxyl groups is 2. The van der Waals surface area contributed by atoms with Crippen LogP contribution in [0, 0.1) is 53.3 Å². The lowest BCUT2D eigenvalue weighted by molar-refractivity contribution is -0.161. The van der Waals surface area contributed by atoms with Crippen LogP contribution in [0.3, 0.4) is 0 Å². The Hall–Kier alpha value is -10.1. The van der Waals surface area contributed by atoms with Crippen LogP contribution in [0.15, 0.2) is 111 Å². The van der Waals surface area contributed by atoms with Gasteiger partial charge in [0.15, 0.2) is 0 Å². The van der Waals surface area contributed by atoms with Gasteiger partial charge in [-0.1, -0.05) is 68.3 Å². The molecule has 0 radical (unpaired) electrons. The van der Waals surface area contributed by atoms with Gasteiger partial charge in [0.1, 0.15) is 41.3 Å². The maximum Gasteiger partial charge on any atom is 0.330 e. The van der Waals surface area contributed by atoms with Gasteiger partial charge in [-0.15, -0.1) is 0 Å². The Balaban J connectivity index is 0.000000334. The van der Waals surface area contributed by atoms with Gasteiger partial charge in [0.05, 0.1) is 92.9 Å². The number of carboxylic acid groups (broad SMARTS) is 1. The Morgan fingerprint density at radius 3 is 0.777 bits per heavy atom. The summed E-state index contributed by atoms with van der Waals surface area (Å²) in [6.45, 7) is 11.6. The number of unbranched alkanes of at least 4 members (excludes halogenated alkanes) is 3. The predicted octanol–water partition coefficient (Wildman–Crippen LogP) is 14.0. The van der Waals surface area contributed by atoms with Crippen molar-refractivity contribution in [2.75, 3.05) is 39.6 Å². The molecule has 0 saturated heterocycles. The van der Waals surface area contributed by atoms with E-state index in [4.69, 9.17) is 57.2 Å². The molecule has 10 rings (SSSR count). The van der Waals surface area contributed by atoms with Crippen molar-refractivity contribution in [2.45, 2.75) is 211 Å². The first-order valence-corrected chi connectivity index (χ1v) is 39.7. The summed E-state index contributed by atoms with van der Waals surface area (Å²) in [5.41, 5.74) is 0. The van der Waals surface area contributed by atoms with Gasteiger partial charge in [0, 0.05) is 39.8 Å². The zero-order valence-electron chi connectivity index (χ0n) is 64.9. The third-order valence-corrected chi connectivity index (χ3v) is 21.8. The summed E-state index contributed by atoms with van der Waals surface area (Å²) in [6, 6.07) is 20.6. The molecular formula is C86H109O26-. The molecule has 0 unspecified atom stereocenters. The molecule has 3 N–H and O–H groups in total. The van der Waals surface area contributed by atoms with Crippen LogP contribution in [0.1, 0.15) is 194 Å². The molecule has 0 bridgehead atoms. The van der Waals surface area contributed by atoms with Gasteiger partial charge in [-0.25, -0.2) is 14.4 Å². The summed E-state index contributed by atoms with van der Waals surface area (Å²) in [5.74, 6) is -6.08. The molecule has 6 fully saturated rings. The summed E-state index contributed by atoms with van der Waals surface area (Å²) in [6.07, 6.45) is 19.3. The number of ether oxygens (including phenoxy) is 11. The molecule has 26 heteroatoms. The van der Waals surface area contributed by atoms with E-state index in [1.807, 2.05) is 24.3 Å². The van der Waals surface area contributed by atoms with Gasteiger partial charge in [-0.3, -0.25) is 43.2 Å². The third kappa shape index (κ3) is 28.0. The number of esters is 11. The minimum atomic E-state index is -0.789. The van der Waals surface area contributed by atoms with Gasteiger partial charge in [-0.05, 0) is 217 Å². The molecule has 6 aliphatic carbocycles. The minimum Gasteiger partial charge on any atom is -1.00 e. The highest BCUT2D eigenvalue weighted by Gasteiger charge is 2.39. The average Bonchev–Trinajstić information content (AvgIpc) is 0.781. The maximum absolute atomic E-state index is 13.5. The Labute approximate surface area is 654 Å². The van der Waals surface area contributed by atoms with Crippen LogP contribution in [0.4, 0.5) is 0 Å². The number of carbonyl (C=O) groups excluding carboxylic acids is 11. The van der Waals surface area contributed by atoms with Crippen molar-refractivity contribution in [3.63, 3.8) is 0 Å². The minimum absolute atomic E-state index is 0. The number of rotatable bonds is 32. The van der Waals surface area contributed by atoms with Crippen LogP contribution in [-0.4, -0.2) is 145 Å². The molecule has 0 aromatic heterocycles. The number of carboxylic acids is 1. The SMILES string of the molecule is C=CC(=O)OCCCCOC(=O)C1CCC(OC(=O)C2CCC(C(=O)O)CC2)CC1.C=CC(=O)OCCCCOC(=O)C1CCC(OC(=O)C2CCC(C(=O)Oc3ccc(OC(=O)C4CCC(C(=O)OC5CCC(C(=O)OCCCCOC(=O)C=C)CC5)CC4)c4ccccc34)CC2)CC1.Oc1ccc(O)c2ccccc12.[3H-]. The van der Waals surface area contributed by atoms with Crippen molar-refractivity contribution >= 4 is 93.2 Å². The molecule has 0 amide bonds. The topological polar surface area (TPSA) is 367 Å². The molecule has 0 spiro atoms. The average molecular weight is 1560 g/mol. The molecule has 112 heavy (non-hydrogen) atoms. The first-order chi connectivity index (χ1) is 54.1. The van der Waals surface area contributed by atoms with Crippen molar-refractivity contribution in [3.8, 4) is 23.0 Å². The van der Waals surface area contributed by atoms with E-state index in [0.717, 1.165) is 18.2 Å². The van der Waals surface area contributed by atoms with Crippen LogP contribution in [0.25, 0.3) is 21.5 Å². The highest BCUT2D eigenvalue weighted by molar-refractivity contribution is 5.97. The molecule has 6 aliphatic rings. The van der Waals surface area contributed by atoms with Gasteiger partial charge >= 0.3 is 71.6 Å². The monoisotopic (exact) mass is 1560 g/mol. The normalized spacial score (nSPS) is 23.4. The van der Waals surface area contributed by atoms with E-state index < -0.39 is 35.7 Å². The molecule has 0 heterocycles. The molecule has 26 nitrogen and oxygen atoms in total. The fraction of sp³-hybridized carbons (Fsp3) is 0.558. The Bertz CT molecular complexity index is 3660. The van der Waals surface area contributed by atoms with Crippen LogP contribution in [0.5, 0.6) is 23.0 Å². The predicted molar refractivity (Wildman–Crippen MR) is 407 cm³/mol. The second-order valence-corrected chi connectivity index (χ2v) is 29.6. The zero-order chi connectivity index (χ0) is 80.3. The second kappa shape index (κ2) is 46.0. The summed E-state index contributed by atoms with van der Waals surface area (Å²) in [4.78, 5) is 147. The standard InChI is InChI=1S/C54H68O16.C22H32O8.C10H8O2.H/c1-3-47(55)63-31-7-9-33-65-49(57)35-21-25-41(26-22-35)67-51(59)37-13-17-39(18-14-37)53(61)69-45-29-30-46(44-12-6-5-11-43(44)45)70-54(62)40-19-15-38(16-20-40)52(60)68-42-27-23-36(24-28-42)50(58)66-34-10-8-32-64-48(56)4-2;1-2-19(23)28-13-3-4-14-29-21(26)16-9-11-18(12-10-16)30-22(27)17-7-5-15(6-8-17)20(24)25;11-9-5-6-10(12)8-4-2-1-3-7(8)9;/h3-6,11-12,29-30,35-42H,1-2,7-10,13-28,31-34H2;2,15-18H,1,3-14H2,(H,24,25);1-6,11-12H;/q;;;-1/i;;;1+2. The Morgan fingerprint density at radius 2 is 0.518 bits per heavy atom. The summed E-state index contributed by atoms with van der Waals surface area (Å²) < 4.78 is 60.1. The molecule has 6 saturated carbocycles. The summed E-state index contributed by atoms with van der Waals surface area (Å²) in [5, 5.41) is 30.4. The Morgan fingerprint density at radius 1 is 0.295 bits per heavy atom. The first-order valence-electron chi connectivity index (χ1n) is 39.7. The van der Waals surface area contributed by atoms with E-state index in [1.165, 1.54) is 12.1 Å². The zero-order valence-corrected chi connectivity index (χ0v) is 63.9. The summed E-state index contributed by atoms with van der Waals surface area (Å²) in [7, 11) is 0. The van der Waals surface area contributed by atoms with E-state index in [2.05, 4.69) is 19.7 Å². The van der Waals surface area contributed by atoms with Crippen LogP contribution in [0.2, 0.25) is 0 Å². The lowest BCUT2D eigenvalue weighted by atomic mass is 9.82. The molecule has 4 aromatic rings. The van der Waals surface area contributed by atoms with Crippen LogP contribution in [-0.2, 0) is 100 Å². The largest absolute Gasteiger partial charge is 1.00 e. The lowest BCUT2D eigenvalue weighted by Crippen LogP contribution is -2.33. The van der Waals surface area contributed by atoms with Crippen molar-refractivity contribution in [3.05, 3.63) is 111 Å². The van der Waals surface area contributed by atoms with E-state index in [9.17, 15) is 67.7 Å². The van der Waals surface area contributed by atoms with E-state index >= 15 is 0 Å². The fourth-order valence-electron chi connectivity index (χ4n) is 15.0. The first kappa shape index (κ1) is 87.4. The number of hydrogen-bond donors (Lipinski definition) is 3. The maximum atomic E-state index is 13.5. The summed E-state index contributed by atoms with van der Waals surface area (Å²) >= 11 is 0. The molecule has 610 valence electrons. The lowest BCUT2D eigenvalue weighted by Gasteiger charge is -2.30. The van der Waals surface area contributed by atoms with E-state index in [0.29, 0.717) is 232 Å². The fourth-order valence-corrected chi connectivity index (χ4v) is 15.0. The van der Waals surface area contributed by atoms with Crippen LogP contribution >= 0.6 is 0 Å². The van der Waals surface area contributed by atoms with E-state index in [1.54, 1.807) is 36.4 Å². The van der Waals surface area contributed by atoms with Gasteiger partial charge in [-0.2, -0.15) is 0 Å². The van der Waals surface area contributed by atoms with Crippen molar-refractivity contribution in [1.29, 1.82) is 0 Å². The Kier molecular flexibility index (Phi) is 35.9. The molecule has 0 aliphatic heterocycles. The van der Waals surface area contributed by atoms with Crippen LogP contribution < -0.4 is 9.47 Å². The molecule has 4 aromatic carbocycles. The van der Waals surface area contributed by atoms with Gasteiger partial charge < -0.3 is 68.9 Å². The highest BCUT2D eigenvalue weighted by Crippen LogP contribution is 2.40. The smallest absolute Gasteiger partial charge is 0.330 e. The number of phenolic OH excluding ortho intramolecular Hbond substituents is 2. The van der Waals surface area contributed by atoms with Crippen molar-refractivity contribution < 1.29 is 126 Å². The highest BCUT2D eigenvalue weighted by atomic mass is 16.6. The number of carbonyl (C=O) groups is 12. The van der Waals surface area contributed by atoms with Gasteiger partial charge in [0.25, 0.3) is 0 Å². The number of phenols is 2. The molecule has 0 atom stereocenters. The number of hydrogen-bond acceptors (Lipinski definition) is 25. The number of benzene rings is 4. The van der Waals surface area contributed by atoms with Crippen molar-refractivity contribution in [2.24, 2.45) is 53.3 Å². The molecular weight excluding hydrogens is 1450 g/mol. The van der Waals surface area contributed by atoms with Crippen molar-refractivity contribution in [1.82, 2.24) is 0 Å². The third-order valence-electron chi connectivity index (χ3n) is 21.8. The quantitative estimate of drug-likeness (QED) is 0.0102. The van der Waals surface area contributed by atoms with E-state index in [-0.39, 0.29) is 153 Å². The van der Waals surface area contributed by atoms with Gasteiger partial charge in [0.2, 0.25) is 0 Å².